The lowest BCUT2D eigenvalue weighted by molar-refractivity contribution is -0.141. The second-order valence-electron chi connectivity index (χ2n) is 9.06. The largest absolute Gasteiger partial charge is 0.481 e. The molecule has 0 radical (unpaired) electrons. The number of aromatic nitrogens is 1. The van der Waals surface area contributed by atoms with Gasteiger partial charge in [0.15, 0.2) is 0 Å². The summed E-state index contributed by atoms with van der Waals surface area (Å²) < 4.78 is 29.6. The maximum Gasteiger partial charge on any atom is 0.303 e. The van der Waals surface area contributed by atoms with Crippen LogP contribution < -0.4 is 9.80 Å². The van der Waals surface area contributed by atoms with Gasteiger partial charge in [-0.15, -0.1) is 0 Å². The number of pyridine rings is 1. The van der Waals surface area contributed by atoms with Crippen LogP contribution in [0, 0.1) is 29.1 Å². The number of hydrogen-bond acceptors (Lipinski definition) is 5. The molecule has 8 heteroatoms. The van der Waals surface area contributed by atoms with E-state index in [4.69, 9.17) is 10.1 Å². The molecule has 1 N–H and O–H groups in total. The molecule has 3 aliphatic heterocycles. The molecule has 1 aromatic heterocycles. The number of nitrogens with zero attached hydrogens (tertiary/aromatic N) is 4. The molecule has 0 amide bonds. The second kappa shape index (κ2) is 6.28. The summed E-state index contributed by atoms with van der Waals surface area (Å²) in [7, 11) is 0. The van der Waals surface area contributed by atoms with Crippen LogP contribution in [0.4, 0.5) is 20.4 Å². The maximum absolute atomic E-state index is 14.8. The fourth-order valence-electron chi connectivity index (χ4n) is 5.75. The third kappa shape index (κ3) is 2.70. The number of rotatable bonds is 4. The number of anilines is 2. The number of piperidine rings is 2. The van der Waals surface area contributed by atoms with Gasteiger partial charge in [-0.05, 0) is 43.9 Å². The van der Waals surface area contributed by atoms with Gasteiger partial charge in [-0.25, -0.2) is 13.8 Å². The van der Waals surface area contributed by atoms with Crippen molar-refractivity contribution in [2.24, 2.45) is 17.8 Å². The van der Waals surface area contributed by atoms with E-state index in [1.54, 1.807) is 0 Å². The zero-order valence-corrected chi connectivity index (χ0v) is 16.4. The quantitative estimate of drug-likeness (QED) is 0.834. The highest BCUT2D eigenvalue weighted by Crippen LogP contribution is 2.52. The number of alkyl halides is 2. The molecule has 3 saturated heterocycles. The summed E-state index contributed by atoms with van der Waals surface area (Å²) in [6, 6.07) is 2.22. The van der Waals surface area contributed by atoms with Crippen LogP contribution in [0.25, 0.3) is 0 Å². The Morgan fingerprint density at radius 2 is 2.07 bits per heavy atom. The summed E-state index contributed by atoms with van der Waals surface area (Å²) in [5.74, 6) is -2.09. The Morgan fingerprint density at radius 3 is 2.62 bits per heavy atom. The van der Waals surface area contributed by atoms with Crippen LogP contribution in [0.3, 0.4) is 0 Å². The molecule has 3 atom stereocenters. The van der Waals surface area contributed by atoms with Crippen molar-refractivity contribution in [1.29, 1.82) is 5.26 Å². The minimum absolute atomic E-state index is 0.0312. The summed E-state index contributed by atoms with van der Waals surface area (Å²) in [6.45, 7) is 4.04. The fraction of sp³-hybridized carbons (Fsp3) is 0.667. The van der Waals surface area contributed by atoms with Crippen LogP contribution >= 0.6 is 0 Å². The topological polar surface area (TPSA) is 80.5 Å². The van der Waals surface area contributed by atoms with Crippen molar-refractivity contribution in [3.8, 4) is 6.07 Å². The smallest absolute Gasteiger partial charge is 0.303 e. The molecule has 4 heterocycles. The number of nitriles is 1. The number of carbonyl (C=O) groups is 1. The summed E-state index contributed by atoms with van der Waals surface area (Å²) in [4.78, 5) is 20.0. The van der Waals surface area contributed by atoms with E-state index in [1.165, 1.54) is 0 Å². The maximum atomic E-state index is 14.8. The lowest BCUT2D eigenvalue weighted by Crippen LogP contribution is -2.56. The molecular weight excluding hydrogens is 378 g/mol. The Balaban J connectivity index is 1.55. The van der Waals surface area contributed by atoms with E-state index in [0.717, 1.165) is 19.4 Å². The van der Waals surface area contributed by atoms with Crippen LogP contribution in [-0.2, 0) is 17.1 Å². The van der Waals surface area contributed by atoms with Crippen LogP contribution in [-0.4, -0.2) is 41.7 Å². The molecule has 3 unspecified atom stereocenters. The van der Waals surface area contributed by atoms with Gasteiger partial charge in [0.1, 0.15) is 23.3 Å². The summed E-state index contributed by atoms with van der Waals surface area (Å²) in [5.41, 5.74) is 0.420. The van der Waals surface area contributed by atoms with Crippen LogP contribution in [0.1, 0.15) is 49.3 Å². The molecule has 6 rings (SSSR count). The zero-order valence-electron chi connectivity index (χ0n) is 16.4. The monoisotopic (exact) mass is 402 g/mol. The third-order valence-electron chi connectivity index (χ3n) is 7.45. The van der Waals surface area contributed by atoms with E-state index < -0.39 is 11.9 Å². The molecule has 6 nitrogen and oxygen atoms in total. The predicted molar refractivity (Wildman–Crippen MR) is 102 cm³/mol. The molecule has 154 valence electrons. The highest BCUT2D eigenvalue weighted by atomic mass is 19.3. The van der Waals surface area contributed by atoms with E-state index in [2.05, 4.69) is 4.90 Å². The standard InChI is InChI=1S/C21H24F2N4O2/c1-11-3-5-27(11)20-16(8-24)18-14(2-4-21(18,22)23)19(25-20)26-9-12-6-13(10-26)15(12)7-17(28)29/h11-13,15H,2-7,9-10H2,1H3,(H,28,29). The van der Waals surface area contributed by atoms with Gasteiger partial charge in [-0.1, -0.05) is 0 Å². The first-order valence-corrected chi connectivity index (χ1v) is 10.4. The summed E-state index contributed by atoms with van der Waals surface area (Å²) in [5, 5.41) is 18.9. The summed E-state index contributed by atoms with van der Waals surface area (Å²) in [6.07, 6.45) is 2.07. The summed E-state index contributed by atoms with van der Waals surface area (Å²) >= 11 is 0. The molecule has 0 aromatic carbocycles. The molecule has 2 bridgehead atoms. The first kappa shape index (κ1) is 18.6. The fourth-order valence-corrected chi connectivity index (χ4v) is 5.75. The normalized spacial score (nSPS) is 31.5. The van der Waals surface area contributed by atoms with E-state index in [1.807, 2.05) is 17.9 Å². The van der Waals surface area contributed by atoms with Crippen molar-refractivity contribution < 1.29 is 18.7 Å². The number of aliphatic carboxylic acids is 1. The molecule has 4 fully saturated rings. The second-order valence-corrected chi connectivity index (χ2v) is 9.06. The number of fused-ring (bicyclic) bond motifs is 3. The highest BCUT2D eigenvalue weighted by molar-refractivity contribution is 5.71. The SMILES string of the molecule is CC1CCN1c1nc(N2CC3CC(C2)C3CC(=O)O)c2c(c1C#N)C(F)(F)CC2. The Kier molecular flexibility index (Phi) is 4.03. The van der Waals surface area contributed by atoms with Gasteiger partial charge < -0.3 is 14.9 Å². The molecular formula is C21H24F2N4O2. The van der Waals surface area contributed by atoms with E-state index >= 15 is 0 Å². The van der Waals surface area contributed by atoms with Crippen molar-refractivity contribution in [3.63, 3.8) is 0 Å². The molecule has 1 aromatic rings. The van der Waals surface area contributed by atoms with Gasteiger partial charge in [0.25, 0.3) is 5.92 Å². The van der Waals surface area contributed by atoms with E-state index in [0.29, 0.717) is 30.3 Å². The first-order valence-electron chi connectivity index (χ1n) is 10.4. The average Bonchev–Trinajstić information content (AvgIpc) is 3.00. The van der Waals surface area contributed by atoms with Crippen molar-refractivity contribution in [2.45, 2.75) is 51.0 Å². The highest BCUT2D eigenvalue weighted by Gasteiger charge is 2.50. The molecule has 0 spiro atoms. The number of halogens is 2. The molecule has 2 aliphatic carbocycles. The third-order valence-corrected chi connectivity index (χ3v) is 7.45. The lowest BCUT2D eigenvalue weighted by Gasteiger charge is -2.54. The van der Waals surface area contributed by atoms with Gasteiger partial charge in [0.2, 0.25) is 0 Å². The van der Waals surface area contributed by atoms with Gasteiger partial charge in [-0.3, -0.25) is 4.79 Å². The van der Waals surface area contributed by atoms with Crippen LogP contribution in [0.2, 0.25) is 0 Å². The Hall–Kier alpha value is -2.43. The number of hydrogen-bond donors (Lipinski definition) is 1. The minimum Gasteiger partial charge on any atom is -0.481 e. The predicted octanol–water partition coefficient (Wildman–Crippen LogP) is 3.14. The van der Waals surface area contributed by atoms with Crippen molar-refractivity contribution >= 4 is 17.6 Å². The van der Waals surface area contributed by atoms with Crippen LogP contribution in [0.15, 0.2) is 0 Å². The number of carboxylic acids is 1. The van der Waals surface area contributed by atoms with E-state index in [-0.39, 0.29) is 54.2 Å². The van der Waals surface area contributed by atoms with Gasteiger partial charge in [-0.2, -0.15) is 5.26 Å². The average molecular weight is 402 g/mol. The number of carboxylic acid groups (broad SMARTS) is 1. The zero-order chi connectivity index (χ0) is 20.5. The van der Waals surface area contributed by atoms with Gasteiger partial charge in [0, 0.05) is 49.6 Å². The Bertz CT molecular complexity index is 916. The van der Waals surface area contributed by atoms with Crippen molar-refractivity contribution in [2.75, 3.05) is 29.4 Å². The Labute approximate surface area is 168 Å². The van der Waals surface area contributed by atoms with Crippen molar-refractivity contribution in [1.82, 2.24) is 4.98 Å². The van der Waals surface area contributed by atoms with Crippen molar-refractivity contribution in [3.05, 3.63) is 16.7 Å². The van der Waals surface area contributed by atoms with E-state index in [9.17, 15) is 18.8 Å². The lowest BCUT2D eigenvalue weighted by atomic mass is 9.60. The Morgan fingerprint density at radius 1 is 1.34 bits per heavy atom. The van der Waals surface area contributed by atoms with Gasteiger partial charge in [0.05, 0.1) is 0 Å². The van der Waals surface area contributed by atoms with Crippen LogP contribution in [0.5, 0.6) is 0 Å². The first-order chi connectivity index (χ1) is 13.8. The van der Waals surface area contributed by atoms with Gasteiger partial charge >= 0.3 is 5.97 Å². The molecule has 1 saturated carbocycles. The molecule has 5 aliphatic rings. The molecule has 29 heavy (non-hydrogen) atoms. The minimum atomic E-state index is -3.01.